The van der Waals surface area contributed by atoms with Gasteiger partial charge in [0, 0.05) is 23.6 Å². The van der Waals surface area contributed by atoms with Crippen molar-refractivity contribution in [3.8, 4) is 0 Å². The Hall–Kier alpha value is -0.570. The minimum atomic E-state index is 0.690. The molecule has 1 aromatic heterocycles. The highest BCUT2D eigenvalue weighted by molar-refractivity contribution is 9.09. The molecule has 0 aromatic carbocycles. The molecule has 0 bridgehead atoms. The van der Waals surface area contributed by atoms with Crippen LogP contribution < -0.4 is 4.90 Å². The van der Waals surface area contributed by atoms with Crippen LogP contribution in [0.5, 0.6) is 0 Å². The maximum absolute atomic E-state index is 4.67. The van der Waals surface area contributed by atoms with Gasteiger partial charge in [-0.15, -0.1) is 0 Å². The van der Waals surface area contributed by atoms with Gasteiger partial charge in [-0.1, -0.05) is 41.3 Å². The van der Waals surface area contributed by atoms with Gasteiger partial charge in [-0.3, -0.25) is 0 Å². The van der Waals surface area contributed by atoms with Crippen LogP contribution in [0.4, 0.5) is 5.82 Å². The second-order valence-corrected chi connectivity index (χ2v) is 5.60. The van der Waals surface area contributed by atoms with Crippen molar-refractivity contribution in [1.29, 1.82) is 0 Å². The third-order valence-electron chi connectivity index (χ3n) is 3.51. The van der Waals surface area contributed by atoms with Crippen LogP contribution in [0.1, 0.15) is 37.8 Å². The molecule has 1 fully saturated rings. The van der Waals surface area contributed by atoms with Crippen LogP contribution in [-0.2, 0) is 0 Å². The summed E-state index contributed by atoms with van der Waals surface area (Å²) in [5.41, 5.74) is 1.11. The van der Waals surface area contributed by atoms with E-state index in [0.29, 0.717) is 6.04 Å². The van der Waals surface area contributed by atoms with Crippen molar-refractivity contribution < 1.29 is 0 Å². The lowest BCUT2D eigenvalue weighted by atomic mass is 9.94. The molecule has 0 amide bonds. The van der Waals surface area contributed by atoms with Crippen molar-refractivity contribution in [2.24, 2.45) is 0 Å². The lowest BCUT2D eigenvalue weighted by Gasteiger charge is -2.35. The number of nitrogens with zero attached hydrogens (tertiary/aromatic N) is 2. The molecule has 17 heavy (non-hydrogen) atoms. The molecule has 1 saturated carbocycles. The first kappa shape index (κ1) is 12.9. The third-order valence-corrected chi connectivity index (χ3v) is 3.86. The van der Waals surface area contributed by atoms with Crippen molar-refractivity contribution in [1.82, 2.24) is 4.98 Å². The highest BCUT2D eigenvalue weighted by atomic mass is 79.9. The summed E-state index contributed by atoms with van der Waals surface area (Å²) in [5, 5.41) is 1.01. The van der Waals surface area contributed by atoms with E-state index < -0.39 is 0 Å². The largest absolute Gasteiger partial charge is 0.353 e. The summed E-state index contributed by atoms with van der Waals surface area (Å²) in [7, 11) is 0. The van der Waals surface area contributed by atoms with Crippen LogP contribution in [-0.4, -0.2) is 22.9 Å². The third kappa shape index (κ3) is 3.44. The molecule has 0 saturated heterocycles. The summed E-state index contributed by atoms with van der Waals surface area (Å²) in [5.74, 6) is 1.15. The van der Waals surface area contributed by atoms with E-state index in [0.717, 1.165) is 23.4 Å². The van der Waals surface area contributed by atoms with Crippen LogP contribution >= 0.6 is 15.9 Å². The average Bonchev–Trinajstić information content (AvgIpc) is 2.37. The summed E-state index contributed by atoms with van der Waals surface area (Å²) in [6.07, 6.45) is 6.79. The first-order valence-electron chi connectivity index (χ1n) is 6.57. The monoisotopic (exact) mass is 296 g/mol. The quantitative estimate of drug-likeness (QED) is 0.783. The zero-order valence-electron chi connectivity index (χ0n) is 10.5. The minimum absolute atomic E-state index is 0.690. The maximum Gasteiger partial charge on any atom is 0.129 e. The van der Waals surface area contributed by atoms with Gasteiger partial charge in [0.05, 0.1) is 0 Å². The maximum atomic E-state index is 4.67. The van der Waals surface area contributed by atoms with Crippen LogP contribution in [0.25, 0.3) is 0 Å². The number of hydrogen-bond donors (Lipinski definition) is 0. The van der Waals surface area contributed by atoms with Gasteiger partial charge in [0.25, 0.3) is 0 Å². The molecule has 0 radical (unpaired) electrons. The van der Waals surface area contributed by atoms with E-state index in [1.54, 1.807) is 0 Å². The first-order chi connectivity index (χ1) is 8.31. The van der Waals surface area contributed by atoms with E-state index in [1.165, 1.54) is 32.1 Å². The van der Waals surface area contributed by atoms with E-state index in [9.17, 15) is 0 Å². The van der Waals surface area contributed by atoms with Crippen LogP contribution in [0.15, 0.2) is 18.2 Å². The Labute approximate surface area is 113 Å². The number of halogens is 1. The fourth-order valence-corrected chi connectivity index (χ4v) is 3.04. The molecule has 0 spiro atoms. The van der Waals surface area contributed by atoms with Gasteiger partial charge in [-0.2, -0.15) is 0 Å². The lowest BCUT2D eigenvalue weighted by molar-refractivity contribution is 0.417. The molecular formula is C14H21BrN2. The Morgan fingerprint density at radius 1 is 1.29 bits per heavy atom. The second-order valence-electron chi connectivity index (χ2n) is 4.81. The number of anilines is 1. The fraction of sp³-hybridized carbons (Fsp3) is 0.643. The molecular weight excluding hydrogens is 276 g/mol. The molecule has 0 atom stereocenters. The predicted molar refractivity (Wildman–Crippen MR) is 77.0 cm³/mol. The molecule has 0 aliphatic heterocycles. The molecule has 2 nitrogen and oxygen atoms in total. The Morgan fingerprint density at radius 3 is 2.71 bits per heavy atom. The number of aromatic nitrogens is 1. The first-order valence-corrected chi connectivity index (χ1v) is 7.69. The SMILES string of the molecule is Cc1cccc(N(CCBr)C2CCCCC2)n1. The van der Waals surface area contributed by atoms with Gasteiger partial charge in [0.15, 0.2) is 0 Å². The number of alkyl halides is 1. The van der Waals surface area contributed by atoms with Crippen molar-refractivity contribution in [3.63, 3.8) is 0 Å². The fourth-order valence-electron chi connectivity index (χ4n) is 2.66. The van der Waals surface area contributed by atoms with Gasteiger partial charge in [-0.05, 0) is 31.9 Å². The Bertz CT molecular complexity index is 348. The van der Waals surface area contributed by atoms with E-state index in [-0.39, 0.29) is 0 Å². The summed E-state index contributed by atoms with van der Waals surface area (Å²) in [6.45, 7) is 3.12. The zero-order chi connectivity index (χ0) is 12.1. The molecule has 0 unspecified atom stereocenters. The van der Waals surface area contributed by atoms with Crippen molar-refractivity contribution >= 4 is 21.7 Å². The van der Waals surface area contributed by atoms with Crippen molar-refractivity contribution in [2.45, 2.75) is 45.1 Å². The zero-order valence-corrected chi connectivity index (χ0v) is 12.1. The number of aryl methyl sites for hydroxylation is 1. The molecule has 3 heteroatoms. The standard InChI is InChI=1S/C14H21BrN2/c1-12-6-5-9-14(16-12)17(11-10-15)13-7-3-2-4-8-13/h5-6,9,13H,2-4,7-8,10-11H2,1H3. The number of hydrogen-bond acceptors (Lipinski definition) is 2. The normalized spacial score (nSPS) is 17.1. The van der Waals surface area contributed by atoms with Gasteiger partial charge in [-0.25, -0.2) is 4.98 Å². The lowest BCUT2D eigenvalue weighted by Crippen LogP contribution is -2.38. The summed E-state index contributed by atoms with van der Waals surface area (Å²) >= 11 is 3.56. The molecule has 1 aliphatic rings. The van der Waals surface area contributed by atoms with E-state index in [2.05, 4.69) is 50.9 Å². The van der Waals surface area contributed by atoms with E-state index >= 15 is 0 Å². The number of pyridine rings is 1. The molecule has 94 valence electrons. The summed E-state index contributed by atoms with van der Waals surface area (Å²) in [4.78, 5) is 7.16. The topological polar surface area (TPSA) is 16.1 Å². The predicted octanol–water partition coefficient (Wildman–Crippen LogP) is 3.92. The minimum Gasteiger partial charge on any atom is -0.353 e. The van der Waals surface area contributed by atoms with E-state index in [4.69, 9.17) is 0 Å². The second kappa shape index (κ2) is 6.39. The Morgan fingerprint density at radius 2 is 2.06 bits per heavy atom. The van der Waals surface area contributed by atoms with Gasteiger partial charge < -0.3 is 4.90 Å². The molecule has 1 aromatic rings. The van der Waals surface area contributed by atoms with Gasteiger partial charge in [0.2, 0.25) is 0 Å². The molecule has 1 aliphatic carbocycles. The molecule has 2 rings (SSSR count). The highest BCUT2D eigenvalue weighted by Crippen LogP contribution is 2.26. The molecule has 1 heterocycles. The smallest absolute Gasteiger partial charge is 0.129 e. The summed E-state index contributed by atoms with van der Waals surface area (Å²) in [6, 6.07) is 7.01. The Balaban J connectivity index is 2.15. The average molecular weight is 297 g/mol. The van der Waals surface area contributed by atoms with E-state index in [1.807, 2.05) is 0 Å². The number of rotatable bonds is 4. The van der Waals surface area contributed by atoms with Gasteiger partial charge >= 0.3 is 0 Å². The highest BCUT2D eigenvalue weighted by Gasteiger charge is 2.21. The Kier molecular flexibility index (Phi) is 4.84. The van der Waals surface area contributed by atoms with Crippen molar-refractivity contribution in [2.75, 3.05) is 16.8 Å². The van der Waals surface area contributed by atoms with Crippen LogP contribution in [0, 0.1) is 6.92 Å². The summed E-state index contributed by atoms with van der Waals surface area (Å²) < 4.78 is 0. The van der Waals surface area contributed by atoms with Crippen LogP contribution in [0.2, 0.25) is 0 Å². The molecule has 0 N–H and O–H groups in total. The van der Waals surface area contributed by atoms with Crippen molar-refractivity contribution in [3.05, 3.63) is 23.9 Å². The van der Waals surface area contributed by atoms with Gasteiger partial charge in [0.1, 0.15) is 5.82 Å². The van der Waals surface area contributed by atoms with Crippen LogP contribution in [0.3, 0.4) is 0 Å².